The van der Waals surface area contributed by atoms with Crippen molar-refractivity contribution in [1.82, 2.24) is 5.32 Å². The van der Waals surface area contributed by atoms with E-state index >= 15 is 0 Å². The molecule has 0 radical (unpaired) electrons. The van der Waals surface area contributed by atoms with Crippen molar-refractivity contribution in [1.29, 1.82) is 0 Å². The van der Waals surface area contributed by atoms with Crippen LogP contribution >= 0.6 is 19.4 Å². The van der Waals surface area contributed by atoms with E-state index in [0.717, 1.165) is 12.1 Å². The number of fused-ring (bicyclic) bond motifs is 1. The van der Waals surface area contributed by atoms with Crippen LogP contribution in [0.3, 0.4) is 0 Å². The maximum Gasteiger partial charge on any atom is 0.470 e. The van der Waals surface area contributed by atoms with Crippen LogP contribution in [-0.2, 0) is 9.09 Å². The largest absolute Gasteiger partial charge is 0.485 e. The maximum absolute atomic E-state index is 13.4. The van der Waals surface area contributed by atoms with Crippen LogP contribution in [-0.4, -0.2) is 33.2 Å². The number of halogens is 2. The van der Waals surface area contributed by atoms with Gasteiger partial charge in [0.05, 0.1) is 16.6 Å². The number of amides is 1. The summed E-state index contributed by atoms with van der Waals surface area (Å²) in [5, 5.41) is 2.50. The first-order chi connectivity index (χ1) is 14.3. The fourth-order valence-electron chi connectivity index (χ4n) is 3.39. The third kappa shape index (κ3) is 5.14. The molecule has 2 aromatic carbocycles. The number of ether oxygens (including phenoxy) is 1. The molecule has 1 aliphatic heterocycles. The number of hydrogen-bond acceptors (Lipinski definition) is 5. The first-order valence-corrected chi connectivity index (χ1v) is 11.0. The lowest BCUT2D eigenvalue weighted by molar-refractivity contribution is -0.0597. The van der Waals surface area contributed by atoms with Crippen LogP contribution in [0.15, 0.2) is 36.4 Å². The Morgan fingerprint density at radius 2 is 1.90 bits per heavy atom. The van der Waals surface area contributed by atoms with Crippen LogP contribution in [0.1, 0.15) is 53.1 Å². The Hall–Kier alpha value is -2.29. The normalized spacial score (nSPS) is 19.8. The number of phosphoric ester groups is 1. The number of carbonyl (C=O) groups is 2. The number of benzene rings is 2. The van der Waals surface area contributed by atoms with E-state index < -0.39 is 37.3 Å². The monoisotopic (exact) mass is 471 g/mol. The van der Waals surface area contributed by atoms with E-state index in [9.17, 15) is 28.3 Å². The molecule has 3 rings (SSSR count). The van der Waals surface area contributed by atoms with Gasteiger partial charge in [-0.15, -0.1) is 0 Å². The Balaban J connectivity index is 2.11. The molecule has 2 atom stereocenters. The topological polar surface area (TPSA) is 122 Å². The van der Waals surface area contributed by atoms with Crippen LogP contribution in [0.2, 0.25) is 5.02 Å². The molecule has 0 saturated carbocycles. The highest BCUT2D eigenvalue weighted by Crippen LogP contribution is 2.49. The first kappa shape index (κ1) is 23.4. The minimum Gasteiger partial charge on any atom is -0.485 e. The second-order valence-electron chi connectivity index (χ2n) is 7.61. The van der Waals surface area contributed by atoms with Crippen molar-refractivity contribution >= 4 is 31.1 Å². The highest BCUT2D eigenvalue weighted by atomic mass is 35.5. The smallest absolute Gasteiger partial charge is 0.470 e. The zero-order valence-corrected chi connectivity index (χ0v) is 18.4. The van der Waals surface area contributed by atoms with E-state index in [0.29, 0.717) is 11.3 Å². The highest BCUT2D eigenvalue weighted by molar-refractivity contribution is 7.46. The van der Waals surface area contributed by atoms with Crippen LogP contribution in [0.4, 0.5) is 4.39 Å². The lowest BCUT2D eigenvalue weighted by Crippen LogP contribution is -2.54. The van der Waals surface area contributed by atoms with Crippen LogP contribution < -0.4 is 10.1 Å². The molecule has 3 N–H and O–H groups in total. The van der Waals surface area contributed by atoms with E-state index in [-0.39, 0.29) is 21.9 Å². The minimum atomic E-state index is -5.00. The van der Waals surface area contributed by atoms with Crippen molar-refractivity contribution in [3.8, 4) is 5.75 Å². The summed E-state index contributed by atoms with van der Waals surface area (Å²) in [5.74, 6) is -1.32. The van der Waals surface area contributed by atoms with Gasteiger partial charge >= 0.3 is 7.82 Å². The molecule has 0 fully saturated rings. The van der Waals surface area contributed by atoms with Gasteiger partial charge in [0, 0.05) is 11.1 Å². The Morgan fingerprint density at radius 3 is 2.48 bits per heavy atom. The van der Waals surface area contributed by atoms with Gasteiger partial charge in [-0.2, -0.15) is 0 Å². The summed E-state index contributed by atoms with van der Waals surface area (Å²) in [4.78, 5) is 43.7. The quantitative estimate of drug-likeness (QED) is 0.448. The molecule has 1 amide bonds. The fourth-order valence-corrected chi connectivity index (χ4v) is 4.32. The van der Waals surface area contributed by atoms with Crippen molar-refractivity contribution in [3.05, 3.63) is 63.9 Å². The maximum atomic E-state index is 13.4. The Morgan fingerprint density at radius 1 is 1.23 bits per heavy atom. The van der Waals surface area contributed by atoms with Gasteiger partial charge in [-0.1, -0.05) is 11.6 Å². The molecule has 0 unspecified atom stereocenters. The Kier molecular flexibility index (Phi) is 6.28. The molecule has 31 heavy (non-hydrogen) atoms. The summed E-state index contributed by atoms with van der Waals surface area (Å²) in [6.45, 7) is 4.43. The Labute approximate surface area is 182 Å². The molecule has 0 saturated heterocycles. The molecule has 1 aliphatic rings. The number of rotatable bonds is 5. The van der Waals surface area contributed by atoms with Gasteiger partial charge < -0.3 is 19.8 Å². The Bertz CT molecular complexity index is 1100. The van der Waals surface area contributed by atoms with E-state index in [1.165, 1.54) is 31.2 Å². The molecule has 2 aromatic rings. The van der Waals surface area contributed by atoms with Crippen molar-refractivity contribution in [2.24, 2.45) is 0 Å². The molecule has 8 nitrogen and oxygen atoms in total. The zero-order chi connectivity index (χ0) is 23.1. The van der Waals surface area contributed by atoms with Crippen LogP contribution in [0.25, 0.3) is 0 Å². The summed E-state index contributed by atoms with van der Waals surface area (Å²) < 4.78 is 35.9. The minimum absolute atomic E-state index is 0.0495. The fraction of sp³-hybridized carbons (Fsp3) is 0.300. The third-order valence-corrected chi connectivity index (χ3v) is 5.64. The number of ketones is 1. The molecule has 11 heteroatoms. The SMILES string of the molecule is CC(=O)c1ccc2c(c1)[C@@H](NC(=O)c1ccc(F)cc1Cl)[C@@H](OP(=O)(O)O)C(C)(C)O2. The van der Waals surface area contributed by atoms with Gasteiger partial charge in [0.15, 0.2) is 5.78 Å². The van der Waals surface area contributed by atoms with Crippen LogP contribution in [0.5, 0.6) is 5.75 Å². The predicted molar refractivity (Wildman–Crippen MR) is 110 cm³/mol. The third-order valence-electron chi connectivity index (χ3n) is 4.83. The average Bonchev–Trinajstić information content (AvgIpc) is 2.62. The van der Waals surface area contributed by atoms with Crippen molar-refractivity contribution in [2.45, 2.75) is 38.5 Å². The van der Waals surface area contributed by atoms with Gasteiger partial charge in [0.25, 0.3) is 5.91 Å². The predicted octanol–water partition coefficient (Wildman–Crippen LogP) is 3.80. The van der Waals surface area contributed by atoms with Crippen LogP contribution in [0, 0.1) is 5.82 Å². The van der Waals surface area contributed by atoms with Crippen molar-refractivity contribution in [2.75, 3.05) is 0 Å². The lowest BCUT2D eigenvalue weighted by Gasteiger charge is -2.44. The van der Waals surface area contributed by atoms with E-state index in [1.807, 2.05) is 0 Å². The zero-order valence-electron chi connectivity index (χ0n) is 16.8. The summed E-state index contributed by atoms with van der Waals surface area (Å²) in [7, 11) is -5.00. The van der Waals surface area contributed by atoms with E-state index in [2.05, 4.69) is 5.32 Å². The molecule has 0 aromatic heterocycles. The molecule has 166 valence electrons. The highest BCUT2D eigenvalue weighted by Gasteiger charge is 2.48. The van der Waals surface area contributed by atoms with Gasteiger partial charge in [0.1, 0.15) is 23.3 Å². The van der Waals surface area contributed by atoms with Gasteiger partial charge in [0.2, 0.25) is 0 Å². The molecule has 0 aliphatic carbocycles. The van der Waals surface area contributed by atoms with E-state index in [1.54, 1.807) is 13.8 Å². The van der Waals surface area contributed by atoms with Crippen molar-refractivity contribution in [3.63, 3.8) is 0 Å². The molecule has 1 heterocycles. The van der Waals surface area contributed by atoms with E-state index in [4.69, 9.17) is 20.9 Å². The number of hydrogen-bond donors (Lipinski definition) is 3. The summed E-state index contributed by atoms with van der Waals surface area (Å²) in [6.07, 6.45) is -1.34. The number of Topliss-reactive ketones (excluding diaryl/α,β-unsaturated/α-hetero) is 1. The van der Waals surface area contributed by atoms with Gasteiger partial charge in [-0.3, -0.25) is 14.1 Å². The standard InChI is InChI=1S/C20H20ClFNO7P/c1-10(24)11-4-7-16-14(8-11)17(18(20(2,3)29-16)30-31(26,27)28)23-19(25)13-6-5-12(22)9-15(13)21/h4-9,17-18H,1-3H3,(H,23,25)(H2,26,27,28)/t17-,18-/m1/s1. The molecular formula is C20H20ClFNO7P. The number of nitrogens with one attached hydrogen (secondary N) is 1. The summed E-state index contributed by atoms with van der Waals surface area (Å²) in [5.41, 5.74) is -0.740. The van der Waals surface area contributed by atoms with Crippen molar-refractivity contribution < 1.29 is 37.6 Å². The molecular weight excluding hydrogens is 452 g/mol. The first-order valence-electron chi connectivity index (χ1n) is 9.12. The summed E-state index contributed by atoms with van der Waals surface area (Å²) in [6, 6.07) is 6.61. The average molecular weight is 472 g/mol. The second-order valence-corrected chi connectivity index (χ2v) is 9.21. The summed E-state index contributed by atoms with van der Waals surface area (Å²) >= 11 is 5.98. The van der Waals surface area contributed by atoms with Gasteiger partial charge in [-0.05, 0) is 57.2 Å². The second kappa shape index (κ2) is 8.33. The lowest BCUT2D eigenvalue weighted by atomic mass is 9.85. The molecule has 0 spiro atoms. The number of carbonyl (C=O) groups excluding carboxylic acids is 2. The number of phosphoric acid groups is 1. The molecule has 0 bridgehead atoms. The van der Waals surface area contributed by atoms with Gasteiger partial charge in [-0.25, -0.2) is 8.96 Å².